The topological polar surface area (TPSA) is 117 Å². The Morgan fingerprint density at radius 3 is 2.70 bits per heavy atom. The number of anilines is 1. The number of nitrogens with zero attached hydrogens (tertiary/aromatic N) is 3. The summed E-state index contributed by atoms with van der Waals surface area (Å²) in [4.78, 5) is 41.8. The Balaban J connectivity index is 1.27. The summed E-state index contributed by atoms with van der Waals surface area (Å²) in [5, 5.41) is 8.97. The molecule has 0 radical (unpaired) electrons. The molecule has 10 heteroatoms. The first-order valence-corrected chi connectivity index (χ1v) is 10.4. The molecule has 33 heavy (non-hydrogen) atoms. The van der Waals surface area contributed by atoms with Gasteiger partial charge in [0.1, 0.15) is 18.2 Å². The van der Waals surface area contributed by atoms with Gasteiger partial charge in [0, 0.05) is 18.4 Å². The molecule has 0 saturated carbocycles. The van der Waals surface area contributed by atoms with Gasteiger partial charge in [-0.05, 0) is 25.1 Å². The van der Waals surface area contributed by atoms with E-state index in [-0.39, 0.29) is 49.0 Å². The number of nitrogens with one attached hydrogen (secondary N) is 2. The van der Waals surface area contributed by atoms with Crippen LogP contribution in [0.15, 0.2) is 48.8 Å². The number of ether oxygens (including phenoxy) is 1. The van der Waals surface area contributed by atoms with Crippen LogP contribution < -0.4 is 10.2 Å². The molecule has 0 bridgehead atoms. The van der Waals surface area contributed by atoms with Crippen LogP contribution >= 0.6 is 0 Å². The number of benzene rings is 2. The lowest BCUT2D eigenvalue weighted by atomic mass is 10.0. The van der Waals surface area contributed by atoms with E-state index in [2.05, 4.69) is 20.5 Å². The van der Waals surface area contributed by atoms with Crippen LogP contribution in [0.4, 0.5) is 14.9 Å². The van der Waals surface area contributed by atoms with Crippen molar-refractivity contribution in [3.63, 3.8) is 0 Å². The lowest BCUT2D eigenvalue weighted by molar-refractivity contribution is -0.121. The number of cyclic esters (lactones) is 1. The molecule has 1 atom stereocenters. The smallest absolute Gasteiger partial charge is 0.414 e. The number of aromatic amines is 1. The van der Waals surface area contributed by atoms with Gasteiger partial charge in [-0.3, -0.25) is 19.6 Å². The Morgan fingerprint density at radius 1 is 1.21 bits per heavy atom. The highest BCUT2D eigenvalue weighted by molar-refractivity contribution is 5.98. The molecule has 4 rings (SSSR count). The first kappa shape index (κ1) is 22.1. The number of Topliss-reactive ketones (excluding diaryl/α,β-unsaturated/α-hetero) is 1. The summed E-state index contributed by atoms with van der Waals surface area (Å²) in [7, 11) is 0. The van der Waals surface area contributed by atoms with Crippen molar-refractivity contribution < 1.29 is 23.5 Å². The van der Waals surface area contributed by atoms with Crippen molar-refractivity contribution in [3.05, 3.63) is 65.7 Å². The number of hydrogen-bond donors (Lipinski definition) is 2. The molecule has 9 nitrogen and oxygen atoms in total. The Kier molecular flexibility index (Phi) is 6.43. The maximum absolute atomic E-state index is 14.5. The largest absolute Gasteiger partial charge is 0.442 e. The van der Waals surface area contributed by atoms with Gasteiger partial charge in [0.25, 0.3) is 0 Å². The van der Waals surface area contributed by atoms with E-state index in [1.54, 1.807) is 18.2 Å². The van der Waals surface area contributed by atoms with Gasteiger partial charge in [0.2, 0.25) is 5.91 Å². The molecule has 170 valence electrons. The first-order valence-electron chi connectivity index (χ1n) is 10.4. The number of hydrogen-bond acceptors (Lipinski definition) is 6. The maximum Gasteiger partial charge on any atom is 0.414 e. The Labute approximate surface area is 189 Å². The molecule has 2 heterocycles. The first-order chi connectivity index (χ1) is 15.9. The summed E-state index contributed by atoms with van der Waals surface area (Å²) in [6.45, 7) is 2.18. The van der Waals surface area contributed by atoms with Gasteiger partial charge in [0.05, 0.1) is 24.3 Å². The van der Waals surface area contributed by atoms with E-state index < -0.39 is 18.0 Å². The van der Waals surface area contributed by atoms with Crippen molar-refractivity contribution in [2.45, 2.75) is 25.9 Å². The molecule has 2 amide bonds. The molecule has 2 N–H and O–H groups in total. The third kappa shape index (κ3) is 5.22. The third-order valence-corrected chi connectivity index (χ3v) is 5.29. The fourth-order valence-corrected chi connectivity index (χ4v) is 3.46. The van der Waals surface area contributed by atoms with Gasteiger partial charge in [-0.1, -0.05) is 29.8 Å². The van der Waals surface area contributed by atoms with Crippen LogP contribution in [-0.2, 0) is 9.53 Å². The summed E-state index contributed by atoms with van der Waals surface area (Å²) < 4.78 is 19.8. The standard InChI is InChI=1S/C23H22FN5O4/c1-14-2-4-15(5-3-14)20(30)8-9-21(31)25-11-17-12-29(23(32)33-17)16-6-7-18(19(24)10-16)22-26-13-27-28-22/h2-7,10,13,17H,8-9,11-12H2,1H3,(H,25,31)(H,26,27,28). The summed E-state index contributed by atoms with van der Waals surface area (Å²) in [5.41, 5.74) is 2.18. The molecule has 3 aromatic rings. The number of H-pyrrole nitrogens is 1. The highest BCUT2D eigenvalue weighted by atomic mass is 19.1. The van der Waals surface area contributed by atoms with Gasteiger partial charge in [0.15, 0.2) is 11.6 Å². The van der Waals surface area contributed by atoms with Crippen molar-refractivity contribution in [2.24, 2.45) is 0 Å². The van der Waals surface area contributed by atoms with Crippen LogP contribution in [0, 0.1) is 12.7 Å². The zero-order chi connectivity index (χ0) is 23.4. The average Bonchev–Trinajstić information content (AvgIpc) is 3.46. The number of halogens is 1. The van der Waals surface area contributed by atoms with Gasteiger partial charge in [-0.2, -0.15) is 5.10 Å². The molecule has 0 spiro atoms. The SMILES string of the molecule is Cc1ccc(C(=O)CCC(=O)NCC2CN(c3ccc(-c4ncn[nH]4)c(F)c3)C(=O)O2)cc1. The van der Waals surface area contributed by atoms with E-state index in [1.165, 1.54) is 23.4 Å². The Morgan fingerprint density at radius 2 is 2.00 bits per heavy atom. The molecular weight excluding hydrogens is 429 g/mol. The van der Waals surface area contributed by atoms with E-state index in [0.717, 1.165) is 5.56 Å². The van der Waals surface area contributed by atoms with Crippen LogP contribution in [0.25, 0.3) is 11.4 Å². The van der Waals surface area contributed by atoms with E-state index >= 15 is 0 Å². The maximum atomic E-state index is 14.5. The number of carbonyl (C=O) groups is 3. The highest BCUT2D eigenvalue weighted by Crippen LogP contribution is 2.27. The van der Waals surface area contributed by atoms with E-state index in [1.807, 2.05) is 19.1 Å². The third-order valence-electron chi connectivity index (χ3n) is 5.29. The number of amides is 2. The molecule has 1 aromatic heterocycles. The monoisotopic (exact) mass is 451 g/mol. The van der Waals surface area contributed by atoms with E-state index in [4.69, 9.17) is 4.74 Å². The fourth-order valence-electron chi connectivity index (χ4n) is 3.46. The lowest BCUT2D eigenvalue weighted by Crippen LogP contribution is -2.34. The van der Waals surface area contributed by atoms with E-state index in [9.17, 15) is 18.8 Å². The Hall–Kier alpha value is -4.08. The Bertz CT molecular complexity index is 1160. The minimum absolute atomic E-state index is 0.0331. The van der Waals surface area contributed by atoms with Crippen molar-refractivity contribution in [2.75, 3.05) is 18.0 Å². The molecule has 1 aliphatic heterocycles. The predicted octanol–water partition coefficient (Wildman–Crippen LogP) is 3.02. The zero-order valence-electron chi connectivity index (χ0n) is 17.9. The minimum Gasteiger partial charge on any atom is -0.442 e. The lowest BCUT2D eigenvalue weighted by Gasteiger charge is -2.14. The molecular formula is C23H22FN5O4. The summed E-state index contributed by atoms with van der Waals surface area (Å²) >= 11 is 0. The summed E-state index contributed by atoms with van der Waals surface area (Å²) in [5.74, 6) is -0.705. The van der Waals surface area contributed by atoms with Crippen molar-refractivity contribution in [3.8, 4) is 11.4 Å². The van der Waals surface area contributed by atoms with Crippen LogP contribution in [0.2, 0.25) is 0 Å². The van der Waals surface area contributed by atoms with Gasteiger partial charge >= 0.3 is 6.09 Å². The second kappa shape index (κ2) is 9.60. The number of aromatic nitrogens is 3. The van der Waals surface area contributed by atoms with Gasteiger partial charge in [-0.25, -0.2) is 14.2 Å². The second-order valence-corrected chi connectivity index (χ2v) is 7.71. The second-order valence-electron chi connectivity index (χ2n) is 7.71. The molecule has 1 saturated heterocycles. The quantitative estimate of drug-likeness (QED) is 0.509. The summed E-state index contributed by atoms with van der Waals surface area (Å²) in [6, 6.07) is 11.5. The van der Waals surface area contributed by atoms with Crippen LogP contribution in [-0.4, -0.2) is 52.2 Å². The van der Waals surface area contributed by atoms with Crippen molar-refractivity contribution in [1.82, 2.24) is 20.5 Å². The van der Waals surface area contributed by atoms with Crippen molar-refractivity contribution >= 4 is 23.5 Å². The van der Waals surface area contributed by atoms with Crippen LogP contribution in [0.5, 0.6) is 0 Å². The number of ketones is 1. The minimum atomic E-state index is -0.629. The normalized spacial score (nSPS) is 15.4. The van der Waals surface area contributed by atoms with Crippen LogP contribution in [0.3, 0.4) is 0 Å². The molecule has 0 aliphatic carbocycles. The van der Waals surface area contributed by atoms with Crippen molar-refractivity contribution in [1.29, 1.82) is 0 Å². The molecule has 1 aliphatic rings. The molecule has 2 aromatic carbocycles. The fraction of sp³-hybridized carbons (Fsp3) is 0.261. The summed E-state index contributed by atoms with van der Waals surface area (Å²) in [6.07, 6.45) is 0.174. The number of carbonyl (C=O) groups excluding carboxylic acids is 3. The molecule has 1 fully saturated rings. The number of aryl methyl sites for hydroxylation is 1. The van der Waals surface area contributed by atoms with Gasteiger partial charge in [-0.15, -0.1) is 0 Å². The molecule has 1 unspecified atom stereocenters. The average molecular weight is 451 g/mol. The predicted molar refractivity (Wildman–Crippen MR) is 117 cm³/mol. The van der Waals surface area contributed by atoms with Gasteiger partial charge < -0.3 is 10.1 Å². The number of rotatable bonds is 8. The zero-order valence-corrected chi connectivity index (χ0v) is 17.9. The van der Waals surface area contributed by atoms with E-state index in [0.29, 0.717) is 11.3 Å². The van der Waals surface area contributed by atoms with Crippen LogP contribution in [0.1, 0.15) is 28.8 Å². The highest BCUT2D eigenvalue weighted by Gasteiger charge is 2.33.